The van der Waals surface area contributed by atoms with Crippen LogP contribution in [0.15, 0.2) is 44.2 Å². The lowest BCUT2D eigenvalue weighted by Gasteiger charge is -2.16. The average molecular weight is 317 g/mol. The van der Waals surface area contributed by atoms with E-state index in [1.165, 1.54) is 28.0 Å². The quantitative estimate of drug-likeness (QED) is 0.601. The van der Waals surface area contributed by atoms with Crippen LogP contribution in [0.3, 0.4) is 0 Å². The number of allylic oxidation sites excluding steroid dienone is 2. The third kappa shape index (κ3) is 3.66. The van der Waals surface area contributed by atoms with Crippen LogP contribution in [0, 0.1) is 0 Å². The lowest BCUT2D eigenvalue weighted by Crippen LogP contribution is -2.05. The summed E-state index contributed by atoms with van der Waals surface area (Å²) in [5, 5.41) is 6.25. The molecule has 1 heterocycles. The SMILES string of the molecule is CN(C)/N=C/C1=C(Sc2nc3ccccc3s2)CCCC1. The molecule has 0 bridgehead atoms. The van der Waals surface area contributed by atoms with Crippen LogP contribution in [0.4, 0.5) is 0 Å². The van der Waals surface area contributed by atoms with Crippen molar-refractivity contribution in [3.63, 3.8) is 0 Å². The maximum Gasteiger partial charge on any atom is 0.155 e. The largest absolute Gasteiger partial charge is 0.303 e. The molecule has 21 heavy (non-hydrogen) atoms. The van der Waals surface area contributed by atoms with Gasteiger partial charge >= 0.3 is 0 Å². The molecule has 0 fully saturated rings. The maximum atomic E-state index is 4.73. The first-order valence-electron chi connectivity index (χ1n) is 7.19. The standard InChI is InChI=1S/C16H19N3S2/c1-19(2)17-11-12-7-3-5-9-14(12)20-16-18-13-8-4-6-10-15(13)21-16/h4,6,8,10-11H,3,5,7,9H2,1-2H3/b17-11+. The number of hydrazone groups is 1. The van der Waals surface area contributed by atoms with E-state index in [0.29, 0.717) is 0 Å². The van der Waals surface area contributed by atoms with Crippen molar-refractivity contribution in [3.8, 4) is 0 Å². The fourth-order valence-electron chi connectivity index (χ4n) is 2.34. The van der Waals surface area contributed by atoms with Gasteiger partial charge in [-0.3, -0.25) is 0 Å². The molecule has 5 heteroatoms. The number of rotatable bonds is 4. The molecule has 0 aliphatic heterocycles. The molecule has 110 valence electrons. The molecule has 1 aromatic carbocycles. The molecular weight excluding hydrogens is 298 g/mol. The molecule has 3 nitrogen and oxygen atoms in total. The van der Waals surface area contributed by atoms with Gasteiger partial charge in [0.2, 0.25) is 0 Å². The van der Waals surface area contributed by atoms with Crippen molar-refractivity contribution in [2.45, 2.75) is 30.0 Å². The highest BCUT2D eigenvalue weighted by molar-refractivity contribution is 8.04. The van der Waals surface area contributed by atoms with Crippen molar-refractivity contribution in [1.82, 2.24) is 9.99 Å². The molecule has 1 aromatic heterocycles. The Balaban J connectivity index is 1.86. The number of fused-ring (bicyclic) bond motifs is 1. The van der Waals surface area contributed by atoms with Gasteiger partial charge in [-0.2, -0.15) is 5.10 Å². The van der Waals surface area contributed by atoms with E-state index in [2.05, 4.69) is 23.3 Å². The summed E-state index contributed by atoms with van der Waals surface area (Å²) in [6.45, 7) is 0. The Kier molecular flexibility index (Phi) is 4.60. The van der Waals surface area contributed by atoms with E-state index >= 15 is 0 Å². The number of aromatic nitrogens is 1. The van der Waals surface area contributed by atoms with Crippen molar-refractivity contribution in [2.24, 2.45) is 5.10 Å². The van der Waals surface area contributed by atoms with Crippen LogP contribution >= 0.6 is 23.1 Å². The summed E-state index contributed by atoms with van der Waals surface area (Å²) in [7, 11) is 3.92. The first-order chi connectivity index (χ1) is 10.2. The molecule has 0 N–H and O–H groups in total. The number of thiazole rings is 1. The van der Waals surface area contributed by atoms with Gasteiger partial charge in [0.1, 0.15) is 0 Å². The van der Waals surface area contributed by atoms with Crippen LogP contribution < -0.4 is 0 Å². The first-order valence-corrected chi connectivity index (χ1v) is 8.82. The zero-order valence-electron chi connectivity index (χ0n) is 12.4. The van der Waals surface area contributed by atoms with Gasteiger partial charge in [-0.1, -0.05) is 23.9 Å². The molecular formula is C16H19N3S2. The van der Waals surface area contributed by atoms with Crippen LogP contribution in [0.2, 0.25) is 0 Å². The Morgan fingerprint density at radius 1 is 1.24 bits per heavy atom. The summed E-state index contributed by atoms with van der Waals surface area (Å²) in [5.74, 6) is 0. The molecule has 0 saturated heterocycles. The molecule has 0 spiro atoms. The van der Waals surface area contributed by atoms with Gasteiger partial charge in [-0.05, 0) is 48.3 Å². The fraction of sp³-hybridized carbons (Fsp3) is 0.375. The molecule has 0 saturated carbocycles. The molecule has 0 unspecified atom stereocenters. The third-order valence-corrected chi connectivity index (χ3v) is 5.70. The highest BCUT2D eigenvalue weighted by Gasteiger charge is 2.15. The second-order valence-corrected chi connectivity index (χ2v) is 7.67. The molecule has 3 rings (SSSR count). The van der Waals surface area contributed by atoms with E-state index in [4.69, 9.17) is 4.98 Å². The van der Waals surface area contributed by atoms with Gasteiger partial charge in [0, 0.05) is 14.1 Å². The van der Waals surface area contributed by atoms with Gasteiger partial charge < -0.3 is 5.01 Å². The Labute approximate surface area is 133 Å². The summed E-state index contributed by atoms with van der Waals surface area (Å²) < 4.78 is 2.41. The van der Waals surface area contributed by atoms with Crippen LogP contribution in [0.1, 0.15) is 25.7 Å². The zero-order valence-corrected chi connectivity index (χ0v) is 14.0. The smallest absolute Gasteiger partial charge is 0.155 e. The monoisotopic (exact) mass is 317 g/mol. The van der Waals surface area contributed by atoms with E-state index in [0.717, 1.165) is 22.7 Å². The normalized spacial score (nSPS) is 16.1. The predicted molar refractivity (Wildman–Crippen MR) is 93.2 cm³/mol. The van der Waals surface area contributed by atoms with Gasteiger partial charge in [0.15, 0.2) is 4.34 Å². The van der Waals surface area contributed by atoms with E-state index in [1.54, 1.807) is 11.3 Å². The Hall–Kier alpha value is -1.33. The summed E-state index contributed by atoms with van der Waals surface area (Å²) >= 11 is 3.61. The second kappa shape index (κ2) is 6.62. The van der Waals surface area contributed by atoms with E-state index in [1.807, 2.05) is 43.1 Å². The topological polar surface area (TPSA) is 28.5 Å². The summed E-state index contributed by atoms with van der Waals surface area (Å²) in [6, 6.07) is 8.34. The molecule has 0 amide bonds. The number of hydrogen-bond acceptors (Lipinski definition) is 5. The number of nitrogens with zero attached hydrogens (tertiary/aromatic N) is 3. The average Bonchev–Trinajstić information content (AvgIpc) is 2.88. The van der Waals surface area contributed by atoms with Gasteiger partial charge in [-0.25, -0.2) is 4.98 Å². The number of para-hydroxylation sites is 1. The molecule has 0 atom stereocenters. The van der Waals surface area contributed by atoms with Gasteiger partial charge in [-0.15, -0.1) is 11.3 Å². The predicted octanol–water partition coefficient (Wildman–Crippen LogP) is 4.76. The molecule has 0 radical (unpaired) electrons. The van der Waals surface area contributed by atoms with Crippen molar-refractivity contribution in [1.29, 1.82) is 0 Å². The van der Waals surface area contributed by atoms with Crippen molar-refractivity contribution in [3.05, 3.63) is 34.7 Å². The number of benzene rings is 1. The van der Waals surface area contributed by atoms with Crippen LogP contribution in [0.5, 0.6) is 0 Å². The minimum absolute atomic E-state index is 1.10. The maximum absolute atomic E-state index is 4.73. The Bertz CT molecular complexity index is 653. The second-order valence-electron chi connectivity index (χ2n) is 5.30. The summed E-state index contributed by atoms with van der Waals surface area (Å²) in [4.78, 5) is 6.16. The van der Waals surface area contributed by atoms with E-state index in [-0.39, 0.29) is 0 Å². The highest BCUT2D eigenvalue weighted by Crippen LogP contribution is 2.39. The van der Waals surface area contributed by atoms with E-state index < -0.39 is 0 Å². The minimum Gasteiger partial charge on any atom is -0.303 e. The Morgan fingerprint density at radius 3 is 2.86 bits per heavy atom. The molecule has 1 aliphatic carbocycles. The summed E-state index contributed by atoms with van der Waals surface area (Å²) in [6.07, 6.45) is 6.83. The highest BCUT2D eigenvalue weighted by atomic mass is 32.2. The van der Waals surface area contributed by atoms with E-state index in [9.17, 15) is 0 Å². The Morgan fingerprint density at radius 2 is 2.05 bits per heavy atom. The lowest BCUT2D eigenvalue weighted by atomic mass is 10.0. The zero-order chi connectivity index (χ0) is 14.7. The lowest BCUT2D eigenvalue weighted by molar-refractivity contribution is 0.440. The van der Waals surface area contributed by atoms with Crippen molar-refractivity contribution < 1.29 is 0 Å². The number of thioether (sulfide) groups is 1. The van der Waals surface area contributed by atoms with Crippen molar-refractivity contribution >= 4 is 39.5 Å². The fourth-order valence-corrected chi connectivity index (χ4v) is 4.66. The number of hydrogen-bond donors (Lipinski definition) is 0. The van der Waals surface area contributed by atoms with Gasteiger partial charge in [0.25, 0.3) is 0 Å². The van der Waals surface area contributed by atoms with Crippen LogP contribution in [0.25, 0.3) is 10.2 Å². The summed E-state index contributed by atoms with van der Waals surface area (Å²) in [5.41, 5.74) is 2.48. The third-order valence-electron chi connectivity index (χ3n) is 3.39. The molecule has 2 aromatic rings. The minimum atomic E-state index is 1.10. The molecule has 1 aliphatic rings. The van der Waals surface area contributed by atoms with Crippen molar-refractivity contribution in [2.75, 3.05) is 14.1 Å². The first kappa shape index (κ1) is 14.6. The van der Waals surface area contributed by atoms with Crippen LogP contribution in [-0.4, -0.2) is 30.3 Å². The van der Waals surface area contributed by atoms with Crippen LogP contribution in [-0.2, 0) is 0 Å². The van der Waals surface area contributed by atoms with Gasteiger partial charge in [0.05, 0.1) is 16.4 Å².